The summed E-state index contributed by atoms with van der Waals surface area (Å²) in [7, 11) is 3.82. The number of nitrogen functional groups attached to an aromatic ring is 1. The number of carbonyl (C=O) groups excluding carboxylic acids is 1. The smallest absolute Gasteiger partial charge is 0.253 e. The van der Waals surface area contributed by atoms with E-state index in [9.17, 15) is 4.79 Å². The van der Waals surface area contributed by atoms with Gasteiger partial charge in [-0.15, -0.1) is 0 Å². The van der Waals surface area contributed by atoms with Crippen LogP contribution in [-0.4, -0.2) is 49.7 Å². The quantitative estimate of drug-likeness (QED) is 0.761. The van der Waals surface area contributed by atoms with Crippen LogP contribution in [-0.2, 0) is 0 Å². The molecular weight excluding hydrogens is 230 g/mol. The summed E-state index contributed by atoms with van der Waals surface area (Å²) >= 11 is 0. The standard InChI is InChI=1S/C13H19N3O2/c1-15(2)12-4-3-10(5-11(12)14)13(18)16-6-9(7-16)8-17/h3-5,9,17H,6-8,14H2,1-2H3. The van der Waals surface area contributed by atoms with Gasteiger partial charge in [-0.2, -0.15) is 0 Å². The van der Waals surface area contributed by atoms with Crippen molar-refractivity contribution >= 4 is 17.3 Å². The Bertz CT molecular complexity index is 454. The fourth-order valence-corrected chi connectivity index (χ4v) is 2.13. The van der Waals surface area contributed by atoms with E-state index in [0.29, 0.717) is 24.3 Å². The summed E-state index contributed by atoms with van der Waals surface area (Å²) < 4.78 is 0. The molecule has 0 atom stereocenters. The molecule has 1 amide bonds. The van der Waals surface area contributed by atoms with Crippen LogP contribution in [0.5, 0.6) is 0 Å². The van der Waals surface area contributed by atoms with Crippen LogP contribution in [0.1, 0.15) is 10.4 Å². The highest BCUT2D eigenvalue weighted by Gasteiger charge is 2.30. The van der Waals surface area contributed by atoms with Crippen molar-refractivity contribution in [3.05, 3.63) is 23.8 Å². The van der Waals surface area contributed by atoms with Gasteiger partial charge in [0.1, 0.15) is 0 Å². The predicted octanol–water partition coefficient (Wildman–Crippen LogP) is 0.399. The molecule has 1 fully saturated rings. The Morgan fingerprint density at radius 3 is 2.67 bits per heavy atom. The van der Waals surface area contributed by atoms with E-state index in [0.717, 1.165) is 5.69 Å². The molecule has 1 saturated heterocycles. The van der Waals surface area contributed by atoms with Gasteiger partial charge in [0.05, 0.1) is 11.4 Å². The Balaban J connectivity index is 2.10. The Kier molecular flexibility index (Phi) is 3.43. The number of nitrogens with zero attached hydrogens (tertiary/aromatic N) is 2. The molecule has 98 valence electrons. The van der Waals surface area contributed by atoms with Gasteiger partial charge in [-0.3, -0.25) is 4.79 Å². The van der Waals surface area contributed by atoms with Crippen LogP contribution >= 0.6 is 0 Å². The minimum Gasteiger partial charge on any atom is -0.397 e. The highest BCUT2D eigenvalue weighted by atomic mass is 16.3. The first-order chi connectivity index (χ1) is 8.52. The normalized spacial score (nSPS) is 15.4. The molecule has 1 aliphatic heterocycles. The largest absolute Gasteiger partial charge is 0.397 e. The molecule has 5 nitrogen and oxygen atoms in total. The van der Waals surface area contributed by atoms with E-state index in [2.05, 4.69) is 0 Å². The van der Waals surface area contributed by atoms with Crippen molar-refractivity contribution in [2.75, 3.05) is 44.4 Å². The van der Waals surface area contributed by atoms with Gasteiger partial charge in [0.2, 0.25) is 0 Å². The van der Waals surface area contributed by atoms with E-state index in [1.807, 2.05) is 25.1 Å². The molecule has 0 saturated carbocycles. The highest BCUT2D eigenvalue weighted by molar-refractivity contribution is 5.96. The Morgan fingerprint density at radius 1 is 1.50 bits per heavy atom. The Labute approximate surface area is 107 Å². The lowest BCUT2D eigenvalue weighted by Crippen LogP contribution is -2.51. The number of aliphatic hydroxyl groups is 1. The van der Waals surface area contributed by atoms with Crippen molar-refractivity contribution in [2.24, 2.45) is 5.92 Å². The van der Waals surface area contributed by atoms with Crippen molar-refractivity contribution in [3.63, 3.8) is 0 Å². The highest BCUT2D eigenvalue weighted by Crippen LogP contribution is 2.25. The molecule has 0 aromatic heterocycles. The molecule has 18 heavy (non-hydrogen) atoms. The molecule has 0 aliphatic carbocycles. The van der Waals surface area contributed by atoms with Gasteiger partial charge in [0, 0.05) is 45.3 Å². The fraction of sp³-hybridized carbons (Fsp3) is 0.462. The molecule has 0 spiro atoms. The van der Waals surface area contributed by atoms with Gasteiger partial charge in [0.25, 0.3) is 5.91 Å². The molecule has 1 aliphatic rings. The van der Waals surface area contributed by atoms with Crippen LogP contribution in [0.3, 0.4) is 0 Å². The van der Waals surface area contributed by atoms with Crippen LogP contribution in [0.25, 0.3) is 0 Å². The summed E-state index contributed by atoms with van der Waals surface area (Å²) in [6.07, 6.45) is 0. The van der Waals surface area contributed by atoms with Crippen LogP contribution < -0.4 is 10.6 Å². The van der Waals surface area contributed by atoms with Gasteiger partial charge < -0.3 is 20.6 Å². The number of hydrogen-bond donors (Lipinski definition) is 2. The fourth-order valence-electron chi connectivity index (χ4n) is 2.13. The number of benzene rings is 1. The first-order valence-corrected chi connectivity index (χ1v) is 6.00. The first-order valence-electron chi connectivity index (χ1n) is 6.00. The third-order valence-electron chi connectivity index (χ3n) is 3.26. The van der Waals surface area contributed by atoms with Gasteiger partial charge in [-0.25, -0.2) is 0 Å². The SMILES string of the molecule is CN(C)c1ccc(C(=O)N2CC(CO)C2)cc1N. The van der Waals surface area contributed by atoms with Crippen LogP contribution in [0, 0.1) is 5.92 Å². The summed E-state index contributed by atoms with van der Waals surface area (Å²) in [6, 6.07) is 5.36. The molecule has 1 aromatic carbocycles. The van der Waals surface area contributed by atoms with E-state index in [1.54, 1.807) is 17.0 Å². The number of aliphatic hydroxyl groups excluding tert-OH is 1. The molecule has 1 aromatic rings. The number of amides is 1. The van der Waals surface area contributed by atoms with Crippen molar-refractivity contribution in [2.45, 2.75) is 0 Å². The number of likely N-dealkylation sites (tertiary alicyclic amines) is 1. The van der Waals surface area contributed by atoms with Gasteiger partial charge in [-0.05, 0) is 18.2 Å². The average Bonchev–Trinajstić information content (AvgIpc) is 2.26. The lowest BCUT2D eigenvalue weighted by molar-refractivity contribution is 0.0362. The maximum atomic E-state index is 12.1. The first kappa shape index (κ1) is 12.7. The molecular formula is C13H19N3O2. The number of rotatable bonds is 3. The second kappa shape index (κ2) is 4.86. The lowest BCUT2D eigenvalue weighted by atomic mass is 9.99. The summed E-state index contributed by atoms with van der Waals surface area (Å²) in [6.45, 7) is 1.40. The van der Waals surface area contributed by atoms with Crippen LogP contribution in [0.15, 0.2) is 18.2 Å². The second-order valence-corrected chi connectivity index (χ2v) is 4.93. The second-order valence-electron chi connectivity index (χ2n) is 4.93. The van der Waals surface area contributed by atoms with Crippen molar-refractivity contribution in [1.29, 1.82) is 0 Å². The number of anilines is 2. The van der Waals surface area contributed by atoms with E-state index in [-0.39, 0.29) is 18.4 Å². The van der Waals surface area contributed by atoms with Gasteiger partial charge in [-0.1, -0.05) is 0 Å². The lowest BCUT2D eigenvalue weighted by Gasteiger charge is -2.38. The third-order valence-corrected chi connectivity index (χ3v) is 3.26. The Hall–Kier alpha value is -1.75. The maximum Gasteiger partial charge on any atom is 0.253 e. The van der Waals surface area contributed by atoms with Crippen LogP contribution in [0.2, 0.25) is 0 Å². The predicted molar refractivity (Wildman–Crippen MR) is 71.7 cm³/mol. The number of hydrogen-bond acceptors (Lipinski definition) is 4. The molecule has 0 unspecified atom stereocenters. The zero-order valence-corrected chi connectivity index (χ0v) is 10.8. The van der Waals surface area contributed by atoms with E-state index >= 15 is 0 Å². The molecule has 1 heterocycles. The summed E-state index contributed by atoms with van der Waals surface area (Å²) in [5, 5.41) is 8.93. The molecule has 0 bridgehead atoms. The zero-order valence-electron chi connectivity index (χ0n) is 10.8. The van der Waals surface area contributed by atoms with Crippen molar-refractivity contribution in [1.82, 2.24) is 4.90 Å². The number of carbonyl (C=O) groups is 1. The zero-order chi connectivity index (χ0) is 13.3. The van der Waals surface area contributed by atoms with Gasteiger partial charge in [0.15, 0.2) is 0 Å². The minimum absolute atomic E-state index is 0.0169. The topological polar surface area (TPSA) is 69.8 Å². The molecule has 3 N–H and O–H groups in total. The van der Waals surface area contributed by atoms with E-state index in [4.69, 9.17) is 10.8 Å². The minimum atomic E-state index is -0.0169. The molecule has 2 rings (SSSR count). The van der Waals surface area contributed by atoms with Crippen molar-refractivity contribution < 1.29 is 9.90 Å². The number of nitrogens with two attached hydrogens (primary N) is 1. The summed E-state index contributed by atoms with van der Waals surface area (Å²) in [5.41, 5.74) is 8.03. The maximum absolute atomic E-state index is 12.1. The third kappa shape index (κ3) is 2.26. The monoisotopic (exact) mass is 249 g/mol. The molecule has 5 heteroatoms. The van der Waals surface area contributed by atoms with E-state index in [1.165, 1.54) is 0 Å². The Morgan fingerprint density at radius 2 is 2.17 bits per heavy atom. The molecule has 0 radical (unpaired) electrons. The van der Waals surface area contributed by atoms with Crippen LogP contribution in [0.4, 0.5) is 11.4 Å². The van der Waals surface area contributed by atoms with Crippen molar-refractivity contribution in [3.8, 4) is 0 Å². The van der Waals surface area contributed by atoms with Gasteiger partial charge >= 0.3 is 0 Å². The summed E-state index contributed by atoms with van der Waals surface area (Å²) in [4.78, 5) is 15.7. The summed E-state index contributed by atoms with van der Waals surface area (Å²) in [5.74, 6) is 0.212. The average molecular weight is 249 g/mol. The van der Waals surface area contributed by atoms with E-state index < -0.39 is 0 Å².